The van der Waals surface area contributed by atoms with Gasteiger partial charge in [-0.2, -0.15) is 5.10 Å². The molecular formula is C30H34N8O4. The number of methoxy groups -OCH3 is 1. The number of hydrogen-bond acceptors (Lipinski definition) is 9. The molecule has 3 N–H and O–H groups in total. The highest BCUT2D eigenvalue weighted by molar-refractivity contribution is 5.99. The van der Waals surface area contributed by atoms with Crippen LogP contribution in [0.5, 0.6) is 0 Å². The van der Waals surface area contributed by atoms with Crippen molar-refractivity contribution in [3.63, 3.8) is 0 Å². The molecule has 218 valence electrons. The lowest BCUT2D eigenvalue weighted by molar-refractivity contribution is -0.133. The molecule has 0 saturated carbocycles. The minimum atomic E-state index is 0.102. The van der Waals surface area contributed by atoms with Crippen molar-refractivity contribution >= 4 is 33.8 Å². The molecule has 6 rings (SSSR count). The number of H-pyrrole nitrogens is 1. The summed E-state index contributed by atoms with van der Waals surface area (Å²) in [5, 5.41) is 6.62. The second-order valence-corrected chi connectivity index (χ2v) is 10.2. The first-order valence-corrected chi connectivity index (χ1v) is 14.0. The number of ether oxygens (including phenoxy) is 3. The fourth-order valence-electron chi connectivity index (χ4n) is 5.28. The number of fused-ring (bicyclic) bond motifs is 3. The minimum Gasteiger partial charge on any atom is -0.383 e. The van der Waals surface area contributed by atoms with Crippen molar-refractivity contribution in [3.05, 3.63) is 65.7 Å². The number of amides is 1. The number of pyridine rings is 1. The van der Waals surface area contributed by atoms with Crippen LogP contribution in [0.15, 0.2) is 49.1 Å². The average molecular weight is 571 g/mol. The van der Waals surface area contributed by atoms with Crippen LogP contribution in [0.4, 0.5) is 5.82 Å². The fraction of sp³-hybridized carbons (Fsp3) is 0.367. The van der Waals surface area contributed by atoms with Crippen molar-refractivity contribution in [1.82, 2.24) is 34.6 Å². The van der Waals surface area contributed by atoms with Gasteiger partial charge >= 0.3 is 0 Å². The van der Waals surface area contributed by atoms with Gasteiger partial charge in [0.25, 0.3) is 0 Å². The molecule has 0 unspecified atom stereocenters. The van der Waals surface area contributed by atoms with Crippen molar-refractivity contribution in [1.29, 1.82) is 0 Å². The summed E-state index contributed by atoms with van der Waals surface area (Å²) in [5.74, 6) is 0.483. The molecule has 0 atom stereocenters. The Balaban J connectivity index is 1.12. The lowest BCUT2D eigenvalue weighted by atomic mass is 9.97. The Labute approximate surface area is 242 Å². The molecule has 1 amide bonds. The molecule has 12 nitrogen and oxygen atoms in total. The summed E-state index contributed by atoms with van der Waals surface area (Å²) in [6, 6.07) is 10.4. The van der Waals surface area contributed by atoms with Crippen LogP contribution in [0, 0.1) is 0 Å². The molecule has 0 bridgehead atoms. The number of nitrogens with zero attached hydrogens (tertiary/aromatic N) is 6. The number of rotatable bonds is 12. The number of nitrogens with two attached hydrogens (primary N) is 1. The molecule has 0 saturated heterocycles. The molecule has 5 aromatic rings. The largest absolute Gasteiger partial charge is 0.383 e. The maximum absolute atomic E-state index is 12.8. The molecule has 1 aromatic carbocycles. The number of anilines is 1. The van der Waals surface area contributed by atoms with Crippen LogP contribution < -0.4 is 5.73 Å². The first kappa shape index (κ1) is 27.8. The first-order chi connectivity index (χ1) is 20.6. The second-order valence-electron chi connectivity index (χ2n) is 10.2. The van der Waals surface area contributed by atoms with Gasteiger partial charge in [0.1, 0.15) is 23.5 Å². The minimum absolute atomic E-state index is 0.102. The molecule has 0 radical (unpaired) electrons. The molecule has 5 heterocycles. The van der Waals surface area contributed by atoms with Gasteiger partial charge in [0.15, 0.2) is 5.65 Å². The summed E-state index contributed by atoms with van der Waals surface area (Å²) in [7, 11) is 1.64. The standard InChI is InChI=1S/C30H34N8O4/c1-40-10-11-42-13-12-41-9-6-25(39)37-8-5-21-14-20(2-3-23(21)18-37)17-38-30-26(28(31)34-19-35-30)27(36-38)24-15-22-4-7-32-29(22)33-16-24/h2-4,7,14-16,19H,5-6,8-13,17-18H2,1H3,(H,32,33)(H2,31,34,35). The van der Waals surface area contributed by atoms with Gasteiger partial charge in [-0.25, -0.2) is 19.6 Å². The lowest BCUT2D eigenvalue weighted by Gasteiger charge is -2.29. The van der Waals surface area contributed by atoms with Crippen molar-refractivity contribution in [3.8, 4) is 11.3 Å². The maximum atomic E-state index is 12.8. The molecular weight excluding hydrogens is 536 g/mol. The van der Waals surface area contributed by atoms with Crippen LogP contribution >= 0.6 is 0 Å². The van der Waals surface area contributed by atoms with Gasteiger partial charge in [-0.3, -0.25) is 4.79 Å². The highest BCUT2D eigenvalue weighted by atomic mass is 16.5. The number of carbonyl (C=O) groups is 1. The molecule has 42 heavy (non-hydrogen) atoms. The summed E-state index contributed by atoms with van der Waals surface area (Å²) >= 11 is 0. The zero-order chi connectivity index (χ0) is 28.9. The van der Waals surface area contributed by atoms with E-state index >= 15 is 0 Å². The normalized spacial score (nSPS) is 13.2. The van der Waals surface area contributed by atoms with Gasteiger partial charge in [-0.15, -0.1) is 0 Å². The molecule has 1 aliphatic heterocycles. The third-order valence-corrected chi connectivity index (χ3v) is 7.46. The number of nitrogens with one attached hydrogen (secondary N) is 1. The Morgan fingerprint density at radius 2 is 1.88 bits per heavy atom. The quantitative estimate of drug-likeness (QED) is 0.216. The molecule has 4 aromatic heterocycles. The SMILES string of the molecule is COCCOCCOCCC(=O)N1CCc2cc(Cn3nc(-c4cnc5[nH]ccc5c4)c4c(N)ncnc43)ccc2C1. The van der Waals surface area contributed by atoms with E-state index in [1.54, 1.807) is 13.3 Å². The zero-order valence-electron chi connectivity index (χ0n) is 23.6. The Morgan fingerprint density at radius 3 is 2.76 bits per heavy atom. The van der Waals surface area contributed by atoms with Crippen molar-refractivity contribution in [2.45, 2.75) is 25.9 Å². The third kappa shape index (κ3) is 5.96. The lowest BCUT2D eigenvalue weighted by Crippen LogP contribution is -2.36. The Kier molecular flexibility index (Phi) is 8.35. The van der Waals surface area contributed by atoms with Crippen LogP contribution in [-0.2, 0) is 38.5 Å². The van der Waals surface area contributed by atoms with Crippen LogP contribution in [0.3, 0.4) is 0 Å². The predicted molar refractivity (Wildman–Crippen MR) is 158 cm³/mol. The number of carbonyl (C=O) groups excluding carboxylic acids is 1. The first-order valence-electron chi connectivity index (χ1n) is 14.0. The Morgan fingerprint density at radius 1 is 1.02 bits per heavy atom. The van der Waals surface area contributed by atoms with Crippen LogP contribution in [0.25, 0.3) is 33.3 Å². The summed E-state index contributed by atoms with van der Waals surface area (Å²) < 4.78 is 17.7. The highest BCUT2D eigenvalue weighted by Crippen LogP contribution is 2.31. The summed E-state index contributed by atoms with van der Waals surface area (Å²) in [5.41, 5.74) is 12.9. The van der Waals surface area contributed by atoms with E-state index in [2.05, 4.69) is 38.1 Å². The van der Waals surface area contributed by atoms with Gasteiger partial charge in [0.05, 0.1) is 51.4 Å². The topological polar surface area (TPSA) is 146 Å². The fourth-order valence-corrected chi connectivity index (χ4v) is 5.28. The van der Waals surface area contributed by atoms with Gasteiger partial charge in [0.2, 0.25) is 5.91 Å². The molecule has 1 aliphatic rings. The monoisotopic (exact) mass is 570 g/mol. The van der Waals surface area contributed by atoms with Crippen molar-refractivity contribution in [2.24, 2.45) is 0 Å². The maximum Gasteiger partial charge on any atom is 0.225 e. The molecule has 0 aliphatic carbocycles. The van der Waals surface area contributed by atoms with Gasteiger partial charge in [0, 0.05) is 43.5 Å². The van der Waals surface area contributed by atoms with Crippen molar-refractivity contribution in [2.75, 3.05) is 52.4 Å². The summed E-state index contributed by atoms with van der Waals surface area (Å²) in [4.78, 5) is 31.1. The zero-order valence-corrected chi connectivity index (χ0v) is 23.6. The van der Waals surface area contributed by atoms with Gasteiger partial charge < -0.3 is 29.8 Å². The smallest absolute Gasteiger partial charge is 0.225 e. The van der Waals surface area contributed by atoms with Crippen LogP contribution in [-0.4, -0.2) is 87.2 Å². The van der Waals surface area contributed by atoms with Gasteiger partial charge in [-0.1, -0.05) is 18.2 Å². The molecule has 12 heteroatoms. The van der Waals surface area contributed by atoms with E-state index in [0.29, 0.717) is 81.6 Å². The number of nitrogen functional groups attached to an aromatic ring is 1. The Bertz CT molecular complexity index is 1700. The van der Waals surface area contributed by atoms with E-state index < -0.39 is 0 Å². The van der Waals surface area contributed by atoms with Crippen molar-refractivity contribution < 1.29 is 19.0 Å². The van der Waals surface area contributed by atoms with E-state index in [0.717, 1.165) is 34.1 Å². The van der Waals surface area contributed by atoms with E-state index in [-0.39, 0.29) is 5.91 Å². The average Bonchev–Trinajstić information content (AvgIpc) is 3.63. The Hall–Kier alpha value is -4.39. The van der Waals surface area contributed by atoms with E-state index in [4.69, 9.17) is 25.0 Å². The summed E-state index contributed by atoms with van der Waals surface area (Å²) in [6.07, 6.45) is 6.27. The number of benzene rings is 1. The van der Waals surface area contributed by atoms with Crippen LogP contribution in [0.2, 0.25) is 0 Å². The van der Waals surface area contributed by atoms with E-state index in [1.165, 1.54) is 11.9 Å². The molecule has 0 fully saturated rings. The van der Waals surface area contributed by atoms with E-state index in [9.17, 15) is 4.79 Å². The van der Waals surface area contributed by atoms with E-state index in [1.807, 2.05) is 27.9 Å². The number of hydrogen-bond donors (Lipinski definition) is 2. The predicted octanol–water partition coefficient (Wildman–Crippen LogP) is 2.95. The van der Waals surface area contributed by atoms with Gasteiger partial charge in [-0.05, 0) is 35.2 Å². The molecule has 0 spiro atoms. The highest BCUT2D eigenvalue weighted by Gasteiger charge is 2.22. The second kappa shape index (κ2) is 12.6. The number of aromatic amines is 1. The third-order valence-electron chi connectivity index (χ3n) is 7.46. The summed E-state index contributed by atoms with van der Waals surface area (Å²) in [6.45, 7) is 4.25. The van der Waals surface area contributed by atoms with Crippen LogP contribution in [0.1, 0.15) is 23.1 Å². The number of aromatic nitrogens is 6.